The molecule has 0 fully saturated rings. The van der Waals surface area contributed by atoms with E-state index in [0.29, 0.717) is 17.3 Å². The first-order valence-electron chi connectivity index (χ1n) is 6.81. The van der Waals surface area contributed by atoms with Crippen LogP contribution >= 0.6 is 11.5 Å². The van der Waals surface area contributed by atoms with Crippen LogP contribution in [0.1, 0.15) is 44.0 Å². The molecule has 0 aliphatic rings. The van der Waals surface area contributed by atoms with Crippen LogP contribution in [0, 0.1) is 5.92 Å². The minimum Gasteiger partial charge on any atom is -0.382 e. The maximum Gasteiger partial charge on any atom is 0.257 e. The number of nitrogen functional groups attached to an aromatic ring is 1. The average molecular weight is 284 g/mol. The van der Waals surface area contributed by atoms with E-state index >= 15 is 0 Å². The first-order chi connectivity index (χ1) is 9.08. The smallest absolute Gasteiger partial charge is 0.257 e. The molecular weight excluding hydrogens is 260 g/mol. The third-order valence-electron chi connectivity index (χ3n) is 3.46. The Morgan fingerprint density at radius 1 is 1.42 bits per heavy atom. The molecule has 6 heteroatoms. The number of nitrogens with one attached hydrogen (secondary N) is 1. The fourth-order valence-corrected chi connectivity index (χ4v) is 2.95. The van der Waals surface area contributed by atoms with Gasteiger partial charge >= 0.3 is 0 Å². The first kappa shape index (κ1) is 15.8. The number of nitrogens with zero attached hydrogens (tertiary/aromatic N) is 2. The highest BCUT2D eigenvalue weighted by Gasteiger charge is 2.23. The molecule has 0 bridgehead atoms. The normalized spacial score (nSPS) is 10.8. The lowest BCUT2D eigenvalue weighted by molar-refractivity contribution is 0.0964. The molecule has 1 aromatic heterocycles. The SMILES string of the molecule is CCC(CC)CN(CC)c1snc(N)c1C(=O)NC. The molecule has 19 heavy (non-hydrogen) atoms. The molecule has 3 N–H and O–H groups in total. The summed E-state index contributed by atoms with van der Waals surface area (Å²) in [6.07, 6.45) is 2.27. The van der Waals surface area contributed by atoms with E-state index in [1.807, 2.05) is 0 Å². The van der Waals surface area contributed by atoms with Crippen molar-refractivity contribution in [2.75, 3.05) is 30.8 Å². The average Bonchev–Trinajstić information content (AvgIpc) is 2.81. The van der Waals surface area contributed by atoms with Crippen LogP contribution < -0.4 is 16.0 Å². The molecule has 0 spiro atoms. The second kappa shape index (κ2) is 7.33. The van der Waals surface area contributed by atoms with Gasteiger partial charge in [-0.25, -0.2) is 0 Å². The Morgan fingerprint density at radius 3 is 2.53 bits per heavy atom. The number of carbonyl (C=O) groups excluding carboxylic acids is 1. The van der Waals surface area contributed by atoms with Gasteiger partial charge in [-0.05, 0) is 24.4 Å². The van der Waals surface area contributed by atoms with Crippen LogP contribution in [0.25, 0.3) is 0 Å². The first-order valence-corrected chi connectivity index (χ1v) is 7.58. The van der Waals surface area contributed by atoms with E-state index in [-0.39, 0.29) is 5.91 Å². The zero-order valence-electron chi connectivity index (χ0n) is 12.2. The van der Waals surface area contributed by atoms with Gasteiger partial charge in [0.1, 0.15) is 10.6 Å². The molecule has 1 aromatic rings. The zero-order valence-corrected chi connectivity index (χ0v) is 13.0. The summed E-state index contributed by atoms with van der Waals surface area (Å²) in [5.74, 6) is 0.785. The lowest BCUT2D eigenvalue weighted by atomic mass is 10.0. The fraction of sp³-hybridized carbons (Fsp3) is 0.692. The molecule has 0 atom stereocenters. The summed E-state index contributed by atoms with van der Waals surface area (Å²) in [6, 6.07) is 0. The number of amides is 1. The van der Waals surface area contributed by atoms with Crippen molar-refractivity contribution in [3.63, 3.8) is 0 Å². The Kier molecular flexibility index (Phi) is 6.08. The van der Waals surface area contributed by atoms with Crippen LogP contribution in [0.2, 0.25) is 0 Å². The highest BCUT2D eigenvalue weighted by molar-refractivity contribution is 7.11. The van der Waals surface area contributed by atoms with Crippen molar-refractivity contribution in [3.05, 3.63) is 5.56 Å². The molecule has 0 aromatic carbocycles. The number of hydrogen-bond acceptors (Lipinski definition) is 5. The van der Waals surface area contributed by atoms with E-state index in [0.717, 1.165) is 30.9 Å². The molecule has 5 nitrogen and oxygen atoms in total. The Balaban J connectivity index is 3.01. The molecule has 0 aliphatic carbocycles. The number of aromatic nitrogens is 1. The van der Waals surface area contributed by atoms with Crippen LogP contribution in [-0.2, 0) is 0 Å². The molecule has 1 rings (SSSR count). The highest BCUT2D eigenvalue weighted by Crippen LogP contribution is 2.31. The van der Waals surface area contributed by atoms with Gasteiger partial charge in [0.25, 0.3) is 5.91 Å². The van der Waals surface area contributed by atoms with Crippen molar-refractivity contribution in [2.24, 2.45) is 5.92 Å². The standard InChI is InChI=1S/C13H24N4OS/c1-5-9(6-2)8-17(7-3)13-10(12(18)15-4)11(14)16-19-13/h9H,5-8H2,1-4H3,(H2,14,16)(H,15,18). The Bertz CT molecular complexity index is 415. The topological polar surface area (TPSA) is 71.2 Å². The van der Waals surface area contributed by atoms with Crippen LogP contribution in [0.4, 0.5) is 10.8 Å². The van der Waals surface area contributed by atoms with E-state index in [1.165, 1.54) is 11.5 Å². The molecule has 0 radical (unpaired) electrons. The van der Waals surface area contributed by atoms with Crippen molar-refractivity contribution in [2.45, 2.75) is 33.6 Å². The predicted octanol–water partition coefficient (Wildman–Crippen LogP) is 2.35. The van der Waals surface area contributed by atoms with Crippen LogP contribution in [0.15, 0.2) is 0 Å². The summed E-state index contributed by atoms with van der Waals surface area (Å²) in [4.78, 5) is 14.1. The van der Waals surface area contributed by atoms with E-state index in [4.69, 9.17) is 5.73 Å². The van der Waals surface area contributed by atoms with Crippen LogP contribution in [-0.4, -0.2) is 30.4 Å². The van der Waals surface area contributed by atoms with E-state index < -0.39 is 0 Å². The summed E-state index contributed by atoms with van der Waals surface area (Å²) in [7, 11) is 1.61. The lowest BCUT2D eigenvalue weighted by Gasteiger charge is -2.26. The minimum atomic E-state index is -0.163. The molecule has 0 saturated heterocycles. The predicted molar refractivity (Wildman–Crippen MR) is 81.9 cm³/mol. The Labute approximate surface area is 119 Å². The van der Waals surface area contributed by atoms with Crippen molar-refractivity contribution in [1.82, 2.24) is 9.69 Å². The Morgan fingerprint density at radius 2 is 2.05 bits per heavy atom. The molecule has 0 saturated carbocycles. The summed E-state index contributed by atoms with van der Waals surface area (Å²) in [5, 5.41) is 3.51. The quantitative estimate of drug-likeness (QED) is 0.806. The van der Waals surface area contributed by atoms with Gasteiger partial charge in [0.15, 0.2) is 5.82 Å². The Hall–Kier alpha value is -1.30. The molecule has 108 valence electrons. The maximum absolute atomic E-state index is 11.9. The van der Waals surface area contributed by atoms with Gasteiger partial charge in [0, 0.05) is 20.1 Å². The third-order valence-corrected chi connectivity index (χ3v) is 4.38. The van der Waals surface area contributed by atoms with E-state index in [2.05, 4.69) is 35.4 Å². The van der Waals surface area contributed by atoms with Gasteiger partial charge in [-0.3, -0.25) is 4.79 Å². The van der Waals surface area contributed by atoms with Crippen LogP contribution in [0.5, 0.6) is 0 Å². The van der Waals surface area contributed by atoms with Crippen molar-refractivity contribution in [3.8, 4) is 0 Å². The van der Waals surface area contributed by atoms with Gasteiger partial charge in [0.2, 0.25) is 0 Å². The van der Waals surface area contributed by atoms with Gasteiger partial charge in [0.05, 0.1) is 0 Å². The second-order valence-electron chi connectivity index (χ2n) is 4.55. The monoisotopic (exact) mass is 284 g/mol. The molecular formula is C13H24N4OS. The molecule has 0 aliphatic heterocycles. The number of rotatable bonds is 7. The van der Waals surface area contributed by atoms with Gasteiger partial charge in [-0.2, -0.15) is 4.37 Å². The second-order valence-corrected chi connectivity index (χ2v) is 5.30. The lowest BCUT2D eigenvalue weighted by Crippen LogP contribution is -2.30. The number of hydrogen-bond donors (Lipinski definition) is 2. The van der Waals surface area contributed by atoms with Gasteiger partial charge in [-0.15, -0.1) is 0 Å². The largest absolute Gasteiger partial charge is 0.382 e. The van der Waals surface area contributed by atoms with Crippen molar-refractivity contribution < 1.29 is 4.79 Å². The maximum atomic E-state index is 11.9. The van der Waals surface area contributed by atoms with E-state index in [9.17, 15) is 4.79 Å². The minimum absolute atomic E-state index is 0.163. The molecule has 1 amide bonds. The van der Waals surface area contributed by atoms with E-state index in [1.54, 1.807) is 7.05 Å². The summed E-state index contributed by atoms with van der Waals surface area (Å²) in [6.45, 7) is 8.27. The third kappa shape index (κ3) is 3.59. The summed E-state index contributed by atoms with van der Waals surface area (Å²) >= 11 is 1.31. The summed E-state index contributed by atoms with van der Waals surface area (Å²) < 4.78 is 4.13. The van der Waals surface area contributed by atoms with Crippen LogP contribution in [0.3, 0.4) is 0 Å². The number of nitrogens with two attached hydrogens (primary N) is 1. The van der Waals surface area contributed by atoms with Gasteiger partial charge < -0.3 is 16.0 Å². The highest BCUT2D eigenvalue weighted by atomic mass is 32.1. The van der Waals surface area contributed by atoms with Crippen molar-refractivity contribution in [1.29, 1.82) is 0 Å². The number of carbonyl (C=O) groups is 1. The van der Waals surface area contributed by atoms with Crippen molar-refractivity contribution >= 4 is 28.3 Å². The molecule has 0 unspecified atom stereocenters. The summed E-state index contributed by atoms with van der Waals surface area (Å²) in [5.41, 5.74) is 6.33. The molecule has 1 heterocycles. The fourth-order valence-electron chi connectivity index (χ4n) is 2.06. The van der Waals surface area contributed by atoms with Gasteiger partial charge in [-0.1, -0.05) is 26.7 Å². The number of anilines is 2. The zero-order chi connectivity index (χ0) is 14.4.